The molecule has 1 aromatic rings. The summed E-state index contributed by atoms with van der Waals surface area (Å²) in [5.41, 5.74) is 4.70. The van der Waals surface area contributed by atoms with E-state index in [9.17, 15) is 0 Å². The first-order valence-corrected chi connectivity index (χ1v) is 6.11. The molecule has 1 aromatic carbocycles. The van der Waals surface area contributed by atoms with Crippen LogP contribution in [0.3, 0.4) is 0 Å². The molecule has 2 rings (SSSR count). The molecule has 82 valence electrons. The van der Waals surface area contributed by atoms with E-state index in [0.717, 1.165) is 19.0 Å². The normalized spacial score (nSPS) is 17.2. The molecule has 1 heteroatoms. The molecule has 0 aromatic heterocycles. The summed E-state index contributed by atoms with van der Waals surface area (Å²) in [5.74, 6) is 0.804. The van der Waals surface area contributed by atoms with Gasteiger partial charge >= 0.3 is 0 Å². The molecule has 0 radical (unpaired) electrons. The van der Waals surface area contributed by atoms with Crippen molar-refractivity contribution in [1.82, 2.24) is 5.32 Å². The summed E-state index contributed by atoms with van der Waals surface area (Å²) in [6, 6.07) is 6.82. The van der Waals surface area contributed by atoms with Crippen LogP contribution in [-0.4, -0.2) is 6.54 Å². The van der Waals surface area contributed by atoms with E-state index in [0.29, 0.717) is 0 Å². The van der Waals surface area contributed by atoms with E-state index in [1.54, 1.807) is 16.7 Å². The molecular weight excluding hydrogens is 182 g/mol. The van der Waals surface area contributed by atoms with E-state index >= 15 is 0 Å². The van der Waals surface area contributed by atoms with Crippen LogP contribution in [-0.2, 0) is 19.4 Å². The lowest BCUT2D eigenvalue weighted by Crippen LogP contribution is -2.25. The molecule has 0 spiro atoms. The molecule has 0 saturated carbocycles. The van der Waals surface area contributed by atoms with Gasteiger partial charge in [-0.25, -0.2) is 0 Å². The van der Waals surface area contributed by atoms with Crippen molar-refractivity contribution in [2.24, 2.45) is 5.92 Å². The van der Waals surface area contributed by atoms with Crippen LogP contribution in [0.5, 0.6) is 0 Å². The number of rotatable bonds is 3. The molecule has 0 saturated heterocycles. The number of nitrogens with one attached hydrogen (secondary N) is 1. The third-order valence-electron chi connectivity index (χ3n) is 3.51. The van der Waals surface area contributed by atoms with Crippen molar-refractivity contribution in [3.05, 3.63) is 34.9 Å². The zero-order valence-corrected chi connectivity index (χ0v) is 9.84. The van der Waals surface area contributed by atoms with Gasteiger partial charge in [-0.15, -0.1) is 0 Å². The Morgan fingerprint density at radius 2 is 2.27 bits per heavy atom. The summed E-state index contributed by atoms with van der Waals surface area (Å²) >= 11 is 0. The molecule has 0 aliphatic carbocycles. The van der Waals surface area contributed by atoms with Crippen molar-refractivity contribution >= 4 is 0 Å². The first-order valence-electron chi connectivity index (χ1n) is 6.11. The molecule has 1 atom stereocenters. The molecule has 15 heavy (non-hydrogen) atoms. The van der Waals surface area contributed by atoms with E-state index in [1.807, 2.05) is 0 Å². The zero-order valence-electron chi connectivity index (χ0n) is 9.84. The van der Waals surface area contributed by atoms with Crippen LogP contribution in [0.15, 0.2) is 18.2 Å². The lowest BCUT2D eigenvalue weighted by Gasteiger charge is -2.21. The number of fused-ring (bicyclic) bond motifs is 1. The predicted molar refractivity (Wildman–Crippen MR) is 65.0 cm³/mol. The summed E-state index contributed by atoms with van der Waals surface area (Å²) in [5, 5.41) is 3.47. The summed E-state index contributed by atoms with van der Waals surface area (Å²) in [6.07, 6.45) is 3.71. The lowest BCUT2D eigenvalue weighted by molar-refractivity contribution is 0.550. The van der Waals surface area contributed by atoms with E-state index in [4.69, 9.17) is 0 Å². The van der Waals surface area contributed by atoms with E-state index in [1.165, 1.54) is 19.3 Å². The van der Waals surface area contributed by atoms with Gasteiger partial charge in [0.15, 0.2) is 0 Å². The van der Waals surface area contributed by atoms with Crippen LogP contribution in [0.1, 0.15) is 37.0 Å². The Balaban J connectivity index is 2.23. The second-order valence-corrected chi connectivity index (χ2v) is 4.70. The quantitative estimate of drug-likeness (QED) is 0.796. The zero-order chi connectivity index (χ0) is 10.7. The van der Waals surface area contributed by atoms with Crippen LogP contribution in [0.25, 0.3) is 0 Å². The van der Waals surface area contributed by atoms with Gasteiger partial charge in [-0.2, -0.15) is 0 Å². The molecule has 1 unspecified atom stereocenters. The maximum absolute atomic E-state index is 3.47. The third kappa shape index (κ3) is 2.40. The average molecular weight is 203 g/mol. The Morgan fingerprint density at radius 1 is 1.40 bits per heavy atom. The van der Waals surface area contributed by atoms with Gasteiger partial charge in [0, 0.05) is 6.54 Å². The molecule has 1 N–H and O–H groups in total. The second kappa shape index (κ2) is 4.80. The smallest absolute Gasteiger partial charge is 0.0211 e. The minimum absolute atomic E-state index is 0.804. The molecule has 1 nitrogen and oxygen atoms in total. The van der Waals surface area contributed by atoms with Crippen molar-refractivity contribution in [2.45, 2.75) is 39.7 Å². The minimum Gasteiger partial charge on any atom is -0.312 e. The molecule has 0 bridgehead atoms. The number of benzene rings is 1. The van der Waals surface area contributed by atoms with Gasteiger partial charge in [0.1, 0.15) is 0 Å². The molecule has 1 aliphatic heterocycles. The number of hydrogen-bond acceptors (Lipinski definition) is 1. The fourth-order valence-corrected chi connectivity index (χ4v) is 2.30. The van der Waals surface area contributed by atoms with Crippen molar-refractivity contribution in [1.29, 1.82) is 0 Å². The first kappa shape index (κ1) is 10.7. The summed E-state index contributed by atoms with van der Waals surface area (Å²) < 4.78 is 0. The summed E-state index contributed by atoms with van der Waals surface area (Å²) in [7, 11) is 0. The maximum Gasteiger partial charge on any atom is 0.0211 e. The van der Waals surface area contributed by atoms with Gasteiger partial charge in [-0.05, 0) is 42.0 Å². The predicted octanol–water partition coefficient (Wildman–Crippen LogP) is 2.92. The minimum atomic E-state index is 0.804. The monoisotopic (exact) mass is 203 g/mol. The summed E-state index contributed by atoms with van der Waals surface area (Å²) in [4.78, 5) is 0. The highest BCUT2D eigenvalue weighted by atomic mass is 14.9. The van der Waals surface area contributed by atoms with Crippen molar-refractivity contribution in [3.8, 4) is 0 Å². The molecule has 0 amide bonds. The standard InChI is InChI=1S/C14H21N/c1-3-11(2)9-13-6-4-5-12-7-8-15-10-14(12)13/h4-6,11,15H,3,7-10H2,1-2H3. The highest BCUT2D eigenvalue weighted by Gasteiger charge is 2.13. The van der Waals surface area contributed by atoms with Crippen LogP contribution in [0, 0.1) is 5.92 Å². The van der Waals surface area contributed by atoms with Gasteiger partial charge in [0.2, 0.25) is 0 Å². The fraction of sp³-hybridized carbons (Fsp3) is 0.571. The Kier molecular flexibility index (Phi) is 3.42. The van der Waals surface area contributed by atoms with E-state index < -0.39 is 0 Å². The van der Waals surface area contributed by atoms with Gasteiger partial charge in [0.05, 0.1) is 0 Å². The molecule has 0 fully saturated rings. The van der Waals surface area contributed by atoms with Crippen LogP contribution < -0.4 is 5.32 Å². The van der Waals surface area contributed by atoms with Crippen LogP contribution >= 0.6 is 0 Å². The lowest BCUT2D eigenvalue weighted by atomic mass is 9.90. The fourth-order valence-electron chi connectivity index (χ4n) is 2.30. The van der Waals surface area contributed by atoms with Gasteiger partial charge in [0.25, 0.3) is 0 Å². The van der Waals surface area contributed by atoms with Crippen LogP contribution in [0.4, 0.5) is 0 Å². The van der Waals surface area contributed by atoms with Crippen LogP contribution in [0.2, 0.25) is 0 Å². The highest BCUT2D eigenvalue weighted by Crippen LogP contribution is 2.21. The maximum atomic E-state index is 3.47. The molecule has 1 heterocycles. The molecular formula is C14H21N. The summed E-state index contributed by atoms with van der Waals surface area (Å²) in [6.45, 7) is 6.83. The molecule has 1 aliphatic rings. The Bertz CT molecular complexity index is 330. The van der Waals surface area contributed by atoms with E-state index in [-0.39, 0.29) is 0 Å². The number of hydrogen-bond donors (Lipinski definition) is 1. The third-order valence-corrected chi connectivity index (χ3v) is 3.51. The largest absolute Gasteiger partial charge is 0.312 e. The average Bonchev–Trinajstić information content (AvgIpc) is 2.29. The van der Waals surface area contributed by atoms with Gasteiger partial charge in [-0.3, -0.25) is 0 Å². The Morgan fingerprint density at radius 3 is 3.07 bits per heavy atom. The highest BCUT2D eigenvalue weighted by molar-refractivity contribution is 5.37. The van der Waals surface area contributed by atoms with Crippen molar-refractivity contribution in [3.63, 3.8) is 0 Å². The van der Waals surface area contributed by atoms with Gasteiger partial charge < -0.3 is 5.32 Å². The Labute approximate surface area is 92.9 Å². The Hall–Kier alpha value is -0.820. The van der Waals surface area contributed by atoms with Gasteiger partial charge in [-0.1, -0.05) is 38.5 Å². The first-order chi connectivity index (χ1) is 7.31. The SMILES string of the molecule is CCC(C)Cc1cccc2c1CNCC2. The topological polar surface area (TPSA) is 12.0 Å². The van der Waals surface area contributed by atoms with E-state index in [2.05, 4.69) is 37.4 Å². The van der Waals surface area contributed by atoms with Crippen molar-refractivity contribution in [2.75, 3.05) is 6.54 Å². The van der Waals surface area contributed by atoms with Crippen molar-refractivity contribution < 1.29 is 0 Å². The second-order valence-electron chi connectivity index (χ2n) is 4.70.